The van der Waals surface area contributed by atoms with Crippen LogP contribution in [0.3, 0.4) is 0 Å². The zero-order valence-corrected chi connectivity index (χ0v) is 27.0. The number of carboxylic acids is 1. The number of aryl methyl sites for hydroxylation is 1. The Morgan fingerprint density at radius 2 is 1.74 bits per heavy atom. The minimum Gasteiger partial charge on any atom is -0.483 e. The first kappa shape index (κ1) is 34.9. The molecule has 0 radical (unpaired) electrons. The van der Waals surface area contributed by atoms with Gasteiger partial charge in [-0.25, -0.2) is 9.78 Å². The molecule has 15 heteroatoms. The minimum atomic E-state index is -1.40. The van der Waals surface area contributed by atoms with Crippen LogP contribution in [0.4, 0.5) is 4.79 Å². The summed E-state index contributed by atoms with van der Waals surface area (Å²) in [7, 11) is 0. The highest BCUT2D eigenvalue weighted by molar-refractivity contribution is 6.00. The number of likely N-dealkylation sites (tertiary alicyclic amines) is 1. The van der Waals surface area contributed by atoms with E-state index in [-0.39, 0.29) is 62.7 Å². The van der Waals surface area contributed by atoms with E-state index in [1.165, 1.54) is 20.8 Å². The van der Waals surface area contributed by atoms with Gasteiger partial charge in [0.15, 0.2) is 6.61 Å². The number of pyridine rings is 1. The van der Waals surface area contributed by atoms with E-state index in [4.69, 9.17) is 9.47 Å². The molecule has 2 aromatic rings. The number of hydrogen-bond donors (Lipinski definition) is 3. The van der Waals surface area contributed by atoms with Crippen LogP contribution < -0.4 is 15.4 Å². The van der Waals surface area contributed by atoms with Crippen molar-refractivity contribution in [3.63, 3.8) is 0 Å². The number of rotatable bonds is 12. The lowest BCUT2D eigenvalue weighted by Crippen LogP contribution is -2.56. The summed E-state index contributed by atoms with van der Waals surface area (Å²) in [5.41, 5.74) is 1.11. The van der Waals surface area contributed by atoms with Crippen molar-refractivity contribution in [2.45, 2.75) is 58.5 Å². The van der Waals surface area contributed by atoms with Crippen molar-refractivity contribution >= 4 is 46.6 Å². The van der Waals surface area contributed by atoms with Crippen molar-refractivity contribution in [1.82, 2.24) is 30.3 Å². The second-order valence-electron chi connectivity index (χ2n) is 11.5. The molecule has 3 heterocycles. The number of carbonyl (C=O) groups is 6. The molecule has 1 aromatic carbocycles. The van der Waals surface area contributed by atoms with Gasteiger partial charge >= 0.3 is 12.1 Å². The molecular formula is C32H42N6O9. The fourth-order valence-electron chi connectivity index (χ4n) is 5.62. The predicted molar refractivity (Wildman–Crippen MR) is 169 cm³/mol. The number of hydrogen-bond acceptors (Lipinski definition) is 9. The lowest BCUT2D eigenvalue weighted by Gasteiger charge is -2.35. The molecule has 2 aliphatic rings. The van der Waals surface area contributed by atoms with Crippen LogP contribution >= 0.6 is 0 Å². The van der Waals surface area contributed by atoms with E-state index < -0.39 is 42.4 Å². The normalized spacial score (nSPS) is 16.8. The Labute approximate surface area is 272 Å². The van der Waals surface area contributed by atoms with Gasteiger partial charge in [-0.3, -0.25) is 24.0 Å². The van der Waals surface area contributed by atoms with Gasteiger partial charge in [-0.15, -0.1) is 0 Å². The third-order valence-electron chi connectivity index (χ3n) is 8.04. The molecule has 2 aliphatic heterocycles. The van der Waals surface area contributed by atoms with E-state index in [0.717, 1.165) is 12.0 Å². The van der Waals surface area contributed by atoms with E-state index in [9.17, 15) is 33.9 Å². The summed E-state index contributed by atoms with van der Waals surface area (Å²) in [5.74, 6) is -3.09. The zero-order chi connectivity index (χ0) is 34.1. The molecule has 3 N–H and O–H groups in total. The third kappa shape index (κ3) is 8.86. The van der Waals surface area contributed by atoms with Crippen molar-refractivity contribution in [3.05, 3.63) is 35.5 Å². The highest BCUT2D eigenvalue weighted by Crippen LogP contribution is 2.27. The number of aliphatic carboxylic acids is 1. The average Bonchev–Trinajstić information content (AvgIpc) is 3.55. The Morgan fingerprint density at radius 3 is 2.43 bits per heavy atom. The highest BCUT2D eigenvalue weighted by Gasteiger charge is 2.35. The summed E-state index contributed by atoms with van der Waals surface area (Å²) >= 11 is 0. The van der Waals surface area contributed by atoms with Gasteiger partial charge in [0.05, 0.1) is 18.5 Å². The van der Waals surface area contributed by atoms with Crippen molar-refractivity contribution in [3.8, 4) is 5.75 Å². The summed E-state index contributed by atoms with van der Waals surface area (Å²) < 4.78 is 10.9. The Kier molecular flexibility index (Phi) is 11.9. The van der Waals surface area contributed by atoms with Crippen LogP contribution in [0.15, 0.2) is 24.3 Å². The first-order valence-electron chi connectivity index (χ1n) is 15.9. The van der Waals surface area contributed by atoms with Crippen molar-refractivity contribution in [1.29, 1.82) is 0 Å². The predicted octanol–water partition coefficient (Wildman–Crippen LogP) is 1.31. The van der Waals surface area contributed by atoms with Gasteiger partial charge in [0, 0.05) is 50.7 Å². The topological polar surface area (TPSA) is 188 Å². The number of aromatic nitrogens is 1. The summed E-state index contributed by atoms with van der Waals surface area (Å²) in [6.45, 7) is 6.94. The average molecular weight is 655 g/mol. The number of amides is 5. The molecule has 2 fully saturated rings. The number of carbonyl (C=O) groups excluding carboxylic acids is 5. The number of fused-ring (bicyclic) bond motifs is 1. The van der Waals surface area contributed by atoms with Crippen LogP contribution in [-0.4, -0.2) is 125 Å². The van der Waals surface area contributed by atoms with Crippen molar-refractivity contribution in [2.75, 3.05) is 52.5 Å². The van der Waals surface area contributed by atoms with Gasteiger partial charge in [0.2, 0.25) is 11.8 Å². The zero-order valence-electron chi connectivity index (χ0n) is 27.0. The number of carboxylic acid groups (broad SMARTS) is 1. The number of piperazine rings is 1. The molecule has 1 aromatic heterocycles. The largest absolute Gasteiger partial charge is 0.483 e. The molecule has 0 bridgehead atoms. The molecule has 47 heavy (non-hydrogen) atoms. The number of nitrogens with zero attached hydrogens (tertiary/aromatic N) is 4. The van der Waals surface area contributed by atoms with Gasteiger partial charge in [0.1, 0.15) is 23.5 Å². The molecule has 4 rings (SSSR count). The lowest BCUT2D eigenvalue weighted by molar-refractivity contribution is -0.143. The summed E-state index contributed by atoms with van der Waals surface area (Å²) in [4.78, 5) is 85.1. The first-order valence-corrected chi connectivity index (χ1v) is 15.9. The van der Waals surface area contributed by atoms with Crippen LogP contribution in [0.1, 0.15) is 55.6 Å². The molecule has 15 nitrogen and oxygen atoms in total. The third-order valence-corrected chi connectivity index (χ3v) is 8.04. The fraction of sp³-hybridized carbons (Fsp3) is 0.531. The first-order chi connectivity index (χ1) is 22.5. The summed E-state index contributed by atoms with van der Waals surface area (Å²) in [6, 6.07) is 4.68. The van der Waals surface area contributed by atoms with Crippen molar-refractivity contribution in [2.24, 2.45) is 0 Å². The molecule has 2 saturated heterocycles. The monoisotopic (exact) mass is 654 g/mol. The molecule has 0 aliphatic carbocycles. The molecule has 5 amide bonds. The molecule has 0 saturated carbocycles. The van der Waals surface area contributed by atoms with E-state index in [0.29, 0.717) is 36.8 Å². The van der Waals surface area contributed by atoms with Gasteiger partial charge in [-0.05, 0) is 50.8 Å². The van der Waals surface area contributed by atoms with Crippen LogP contribution in [0, 0.1) is 6.92 Å². The van der Waals surface area contributed by atoms with E-state index >= 15 is 0 Å². The van der Waals surface area contributed by atoms with E-state index in [1.54, 1.807) is 19.1 Å². The second kappa shape index (κ2) is 16.1. The Hall–Kier alpha value is -4.95. The van der Waals surface area contributed by atoms with Gasteiger partial charge in [0.25, 0.3) is 11.8 Å². The maximum Gasteiger partial charge on any atom is 0.409 e. The highest BCUT2D eigenvalue weighted by atomic mass is 16.6. The van der Waals surface area contributed by atoms with Crippen LogP contribution in [0.2, 0.25) is 0 Å². The standard InChI is InChI=1S/C32H42N6O9/c1-4-10-33-30(43)25-7-6-11-38(25)27(39)19-47-26-17-23(34-22-16-20(3)8-9-21(22)26)29(42)35-24(18-28(40)41)31(44)36-12-14-37(15-13-36)32(45)46-5-2/h8-9,16-17,24-25H,4-7,10-15,18-19H2,1-3H3,(H,33,43)(H,35,42)(H,40,41). The molecule has 2 atom stereocenters. The Bertz CT molecular complexity index is 1510. The van der Waals surface area contributed by atoms with E-state index in [1.807, 2.05) is 19.9 Å². The molecule has 2 unspecified atom stereocenters. The maximum absolute atomic E-state index is 13.5. The minimum absolute atomic E-state index is 0.140. The SMILES string of the molecule is CCCNC(=O)C1CCCN1C(=O)COc1cc(C(=O)NC(CC(=O)O)C(=O)N2CCN(C(=O)OCC)CC2)nc2cc(C)ccc12. The number of nitrogens with one attached hydrogen (secondary N) is 2. The Balaban J connectivity index is 1.50. The van der Waals surface area contributed by atoms with E-state index in [2.05, 4.69) is 15.6 Å². The molecule has 254 valence electrons. The smallest absolute Gasteiger partial charge is 0.409 e. The number of ether oxygens (including phenoxy) is 2. The van der Waals surface area contributed by atoms with Gasteiger partial charge in [-0.2, -0.15) is 0 Å². The molecular weight excluding hydrogens is 612 g/mol. The lowest BCUT2D eigenvalue weighted by atomic mass is 10.1. The van der Waals surface area contributed by atoms with Crippen molar-refractivity contribution < 1.29 is 43.3 Å². The Morgan fingerprint density at radius 1 is 1.02 bits per heavy atom. The fourth-order valence-corrected chi connectivity index (χ4v) is 5.62. The summed E-state index contributed by atoms with van der Waals surface area (Å²) in [5, 5.41) is 15.4. The summed E-state index contributed by atoms with van der Waals surface area (Å²) in [6.07, 6.45) is 0.857. The van der Waals surface area contributed by atoms with Crippen LogP contribution in [0.5, 0.6) is 5.75 Å². The van der Waals surface area contributed by atoms with Gasteiger partial charge in [-0.1, -0.05) is 13.0 Å². The molecule has 0 spiro atoms. The van der Waals surface area contributed by atoms with Gasteiger partial charge < -0.3 is 39.9 Å². The quantitative estimate of drug-likeness (QED) is 0.301. The maximum atomic E-state index is 13.5. The van der Waals surface area contributed by atoms with Crippen LogP contribution in [0.25, 0.3) is 10.9 Å². The number of benzene rings is 1. The second-order valence-corrected chi connectivity index (χ2v) is 11.5. The van der Waals surface area contributed by atoms with Crippen LogP contribution in [-0.2, 0) is 23.9 Å².